The molecule has 1 saturated heterocycles. The maximum absolute atomic E-state index is 12.5. The number of aryl methyl sites for hydroxylation is 1. The van der Waals surface area contributed by atoms with E-state index in [1.165, 1.54) is 6.42 Å². The summed E-state index contributed by atoms with van der Waals surface area (Å²) in [6.45, 7) is 3.77. The van der Waals surface area contributed by atoms with Crippen molar-refractivity contribution < 1.29 is 4.79 Å². The van der Waals surface area contributed by atoms with Crippen molar-refractivity contribution in [3.05, 3.63) is 30.1 Å². The number of hydrogen-bond acceptors (Lipinski definition) is 4. The van der Waals surface area contributed by atoms with Gasteiger partial charge in [0.15, 0.2) is 0 Å². The Hall–Kier alpha value is -2.24. The monoisotopic (exact) mass is 353 g/mol. The molecule has 0 spiro atoms. The van der Waals surface area contributed by atoms with Crippen molar-refractivity contribution in [2.24, 2.45) is 18.9 Å². The molecule has 4 rings (SSSR count). The Morgan fingerprint density at radius 3 is 2.73 bits per heavy atom. The molecule has 6 heteroatoms. The highest BCUT2D eigenvalue weighted by Crippen LogP contribution is 2.30. The van der Waals surface area contributed by atoms with E-state index >= 15 is 0 Å². The predicted molar refractivity (Wildman–Crippen MR) is 99.3 cm³/mol. The Morgan fingerprint density at radius 2 is 2.04 bits per heavy atom. The first-order valence-electron chi connectivity index (χ1n) is 9.70. The lowest BCUT2D eigenvalue weighted by atomic mass is 9.83. The van der Waals surface area contributed by atoms with Crippen LogP contribution in [0.3, 0.4) is 0 Å². The van der Waals surface area contributed by atoms with Crippen molar-refractivity contribution in [3.8, 4) is 11.4 Å². The van der Waals surface area contributed by atoms with Gasteiger partial charge in [-0.3, -0.25) is 9.78 Å². The van der Waals surface area contributed by atoms with Gasteiger partial charge >= 0.3 is 0 Å². The summed E-state index contributed by atoms with van der Waals surface area (Å²) in [4.78, 5) is 28.2. The molecule has 2 aromatic rings. The number of carbonyl (C=O) groups excluding carboxylic acids is 1. The molecule has 2 fully saturated rings. The first kappa shape index (κ1) is 17.2. The first-order chi connectivity index (χ1) is 12.6. The fourth-order valence-electron chi connectivity index (χ4n) is 4.01. The first-order valence-corrected chi connectivity index (χ1v) is 9.70. The third kappa shape index (κ3) is 3.37. The van der Waals surface area contributed by atoms with Crippen LogP contribution in [0.2, 0.25) is 0 Å². The fourth-order valence-corrected chi connectivity index (χ4v) is 4.01. The molecule has 0 radical (unpaired) electrons. The zero-order chi connectivity index (χ0) is 18.1. The SMILES string of the molecule is Cc1ncc(-c2cncc(C[C@@H]3CCCN(C(=O)C4CCC4)C3)n2)n1C. The van der Waals surface area contributed by atoms with E-state index in [-0.39, 0.29) is 0 Å². The smallest absolute Gasteiger partial charge is 0.225 e. The molecule has 26 heavy (non-hydrogen) atoms. The third-order valence-electron chi connectivity index (χ3n) is 5.95. The summed E-state index contributed by atoms with van der Waals surface area (Å²) in [5.41, 5.74) is 2.86. The van der Waals surface area contributed by atoms with Crippen molar-refractivity contribution in [2.45, 2.75) is 45.4 Å². The Bertz CT molecular complexity index is 795. The van der Waals surface area contributed by atoms with Crippen LogP contribution < -0.4 is 0 Å². The van der Waals surface area contributed by atoms with Gasteiger partial charge in [0.05, 0.1) is 23.8 Å². The number of imidazole rings is 1. The molecular formula is C20H27N5O. The van der Waals surface area contributed by atoms with E-state index in [1.54, 1.807) is 6.20 Å². The van der Waals surface area contributed by atoms with E-state index in [0.29, 0.717) is 17.7 Å². The third-order valence-corrected chi connectivity index (χ3v) is 5.95. The molecule has 1 saturated carbocycles. The van der Waals surface area contributed by atoms with Gasteiger partial charge in [0.25, 0.3) is 0 Å². The van der Waals surface area contributed by atoms with Crippen molar-refractivity contribution in [1.29, 1.82) is 0 Å². The summed E-state index contributed by atoms with van der Waals surface area (Å²) in [6.07, 6.45) is 12.0. The maximum atomic E-state index is 12.5. The summed E-state index contributed by atoms with van der Waals surface area (Å²) < 4.78 is 2.04. The van der Waals surface area contributed by atoms with Crippen LogP contribution in [0.4, 0.5) is 0 Å². The molecule has 6 nitrogen and oxygen atoms in total. The highest BCUT2D eigenvalue weighted by Gasteiger charge is 2.32. The van der Waals surface area contributed by atoms with Crippen molar-refractivity contribution in [2.75, 3.05) is 13.1 Å². The number of nitrogens with zero attached hydrogens (tertiary/aromatic N) is 5. The average molecular weight is 353 g/mol. The second kappa shape index (κ2) is 7.17. The van der Waals surface area contributed by atoms with Crippen molar-refractivity contribution >= 4 is 5.91 Å². The van der Waals surface area contributed by atoms with Crippen LogP contribution >= 0.6 is 0 Å². The van der Waals surface area contributed by atoms with E-state index < -0.39 is 0 Å². The van der Waals surface area contributed by atoms with Crippen molar-refractivity contribution in [3.63, 3.8) is 0 Å². The number of carbonyl (C=O) groups is 1. The molecule has 2 aromatic heterocycles. The zero-order valence-electron chi connectivity index (χ0n) is 15.7. The molecule has 2 aliphatic rings. The van der Waals surface area contributed by atoms with E-state index in [1.807, 2.05) is 30.9 Å². The van der Waals surface area contributed by atoms with Crippen LogP contribution in [0.1, 0.15) is 43.6 Å². The normalized spacial score (nSPS) is 20.8. The predicted octanol–water partition coefficient (Wildman–Crippen LogP) is 2.77. The minimum Gasteiger partial charge on any atom is -0.342 e. The maximum Gasteiger partial charge on any atom is 0.225 e. The van der Waals surface area contributed by atoms with Gasteiger partial charge in [0, 0.05) is 32.3 Å². The van der Waals surface area contributed by atoms with Crippen LogP contribution in [0.25, 0.3) is 11.4 Å². The van der Waals surface area contributed by atoms with Gasteiger partial charge in [-0.1, -0.05) is 6.42 Å². The standard InChI is InChI=1S/C20H27N5O/c1-14-22-12-19(24(14)2)18-11-21-10-17(23-18)9-15-5-4-8-25(13-15)20(26)16-6-3-7-16/h10-12,15-16H,3-9,13H2,1-2H3/t15-/m0/s1. The van der Waals surface area contributed by atoms with Gasteiger partial charge in [0.2, 0.25) is 5.91 Å². The highest BCUT2D eigenvalue weighted by molar-refractivity contribution is 5.79. The number of aromatic nitrogens is 4. The topological polar surface area (TPSA) is 63.9 Å². The summed E-state index contributed by atoms with van der Waals surface area (Å²) >= 11 is 0. The molecular weight excluding hydrogens is 326 g/mol. The molecule has 1 aliphatic carbocycles. The number of likely N-dealkylation sites (tertiary alicyclic amines) is 1. The molecule has 1 atom stereocenters. The number of rotatable bonds is 4. The highest BCUT2D eigenvalue weighted by atomic mass is 16.2. The summed E-state index contributed by atoms with van der Waals surface area (Å²) in [5, 5.41) is 0. The van der Waals surface area contributed by atoms with Gasteiger partial charge < -0.3 is 9.47 Å². The Morgan fingerprint density at radius 1 is 1.19 bits per heavy atom. The van der Waals surface area contributed by atoms with Crippen LogP contribution in [-0.2, 0) is 18.3 Å². The molecule has 0 bridgehead atoms. The zero-order valence-corrected chi connectivity index (χ0v) is 15.7. The minimum atomic E-state index is 0.296. The fraction of sp³-hybridized carbons (Fsp3) is 0.600. The molecule has 1 aliphatic heterocycles. The lowest BCUT2D eigenvalue weighted by Gasteiger charge is -2.37. The van der Waals surface area contributed by atoms with E-state index in [9.17, 15) is 4.79 Å². The number of hydrogen-bond donors (Lipinski definition) is 0. The molecule has 138 valence electrons. The lowest BCUT2D eigenvalue weighted by Crippen LogP contribution is -2.45. The van der Waals surface area contributed by atoms with Gasteiger partial charge in [-0.25, -0.2) is 9.97 Å². The summed E-state index contributed by atoms with van der Waals surface area (Å²) in [5.74, 6) is 2.12. The second-order valence-corrected chi connectivity index (χ2v) is 7.77. The van der Waals surface area contributed by atoms with Gasteiger partial charge in [0.1, 0.15) is 11.5 Å². The summed E-state index contributed by atoms with van der Waals surface area (Å²) in [7, 11) is 2.00. The van der Waals surface area contributed by atoms with Crippen LogP contribution in [0.15, 0.2) is 18.6 Å². The molecule has 0 N–H and O–H groups in total. The van der Waals surface area contributed by atoms with Gasteiger partial charge in [-0.15, -0.1) is 0 Å². The number of amides is 1. The Balaban J connectivity index is 1.44. The largest absolute Gasteiger partial charge is 0.342 e. The number of piperidine rings is 1. The lowest BCUT2D eigenvalue weighted by molar-refractivity contribution is -0.140. The van der Waals surface area contributed by atoms with E-state index in [2.05, 4.69) is 14.9 Å². The summed E-state index contributed by atoms with van der Waals surface area (Å²) in [6, 6.07) is 0. The van der Waals surface area contributed by atoms with Crippen molar-refractivity contribution in [1.82, 2.24) is 24.4 Å². The quantitative estimate of drug-likeness (QED) is 0.848. The minimum absolute atomic E-state index is 0.296. The van der Waals surface area contributed by atoms with Crippen LogP contribution in [0.5, 0.6) is 0 Å². The Labute approximate surface area is 154 Å². The van der Waals surface area contributed by atoms with Gasteiger partial charge in [-0.05, 0) is 44.9 Å². The molecule has 3 heterocycles. The second-order valence-electron chi connectivity index (χ2n) is 7.77. The molecule has 0 unspecified atom stereocenters. The van der Waals surface area contributed by atoms with Crippen LogP contribution in [0, 0.1) is 18.8 Å². The van der Waals surface area contributed by atoms with Gasteiger partial charge in [-0.2, -0.15) is 0 Å². The average Bonchev–Trinajstić information content (AvgIpc) is 2.93. The van der Waals surface area contributed by atoms with Crippen LogP contribution in [-0.4, -0.2) is 43.4 Å². The molecule has 0 aromatic carbocycles. The van der Waals surface area contributed by atoms with E-state index in [4.69, 9.17) is 4.98 Å². The molecule has 1 amide bonds. The van der Waals surface area contributed by atoms with E-state index in [0.717, 1.165) is 68.1 Å². The Kier molecular flexibility index (Phi) is 4.74.